The summed E-state index contributed by atoms with van der Waals surface area (Å²) >= 11 is 0. The lowest BCUT2D eigenvalue weighted by Gasteiger charge is -2.54. The lowest BCUT2D eigenvalue weighted by Crippen LogP contribution is -2.61. The molecule has 5 rings (SSSR count). The summed E-state index contributed by atoms with van der Waals surface area (Å²) in [7, 11) is 1.84. The Balaban J connectivity index is 1.47. The lowest BCUT2D eigenvalue weighted by atomic mass is 9.66. The van der Waals surface area contributed by atoms with Gasteiger partial charge >= 0.3 is 0 Å². The first kappa shape index (κ1) is 17.0. The van der Waals surface area contributed by atoms with Gasteiger partial charge in [0.05, 0.1) is 12.2 Å². The largest absolute Gasteiger partial charge is 0.391 e. The molecule has 4 nitrogen and oxygen atoms in total. The van der Waals surface area contributed by atoms with E-state index in [2.05, 4.69) is 22.9 Å². The van der Waals surface area contributed by atoms with Crippen LogP contribution in [-0.2, 0) is 4.74 Å². The van der Waals surface area contributed by atoms with Crippen LogP contribution in [0.2, 0.25) is 0 Å². The standard InChI is InChI=1S/C20H34N2O2/c1-3-13-12-22-9-7-14(13)10-19(22)20(23)16-6-8-21-18-5-4-15(24-2)11-17(16)18/h3,13-21,23H,1,4-12H2,2H3. The molecule has 9 atom stereocenters. The molecule has 4 aliphatic heterocycles. The molecule has 5 fully saturated rings. The van der Waals surface area contributed by atoms with Crippen molar-refractivity contribution in [3.63, 3.8) is 0 Å². The van der Waals surface area contributed by atoms with Gasteiger partial charge in [0, 0.05) is 25.7 Å². The highest BCUT2D eigenvalue weighted by molar-refractivity contribution is 5.04. The van der Waals surface area contributed by atoms with E-state index in [0.717, 1.165) is 51.2 Å². The number of ether oxygens (including phenoxy) is 1. The van der Waals surface area contributed by atoms with Crippen LogP contribution >= 0.6 is 0 Å². The van der Waals surface area contributed by atoms with E-state index in [1.54, 1.807) is 0 Å². The van der Waals surface area contributed by atoms with Crippen molar-refractivity contribution in [3.05, 3.63) is 12.7 Å². The quantitative estimate of drug-likeness (QED) is 0.772. The highest BCUT2D eigenvalue weighted by Crippen LogP contribution is 2.43. The third kappa shape index (κ3) is 2.96. The summed E-state index contributed by atoms with van der Waals surface area (Å²) in [5.41, 5.74) is 0. The molecule has 136 valence electrons. The molecule has 0 aromatic carbocycles. The van der Waals surface area contributed by atoms with Gasteiger partial charge in [-0.05, 0) is 75.3 Å². The molecule has 4 heterocycles. The van der Waals surface area contributed by atoms with Gasteiger partial charge < -0.3 is 15.2 Å². The van der Waals surface area contributed by atoms with Crippen molar-refractivity contribution in [1.82, 2.24) is 10.2 Å². The number of nitrogens with zero attached hydrogens (tertiary/aromatic N) is 1. The topological polar surface area (TPSA) is 44.7 Å². The minimum absolute atomic E-state index is 0.177. The molecule has 0 radical (unpaired) electrons. The van der Waals surface area contributed by atoms with Crippen molar-refractivity contribution < 1.29 is 9.84 Å². The second-order valence-electron chi connectivity index (χ2n) is 8.58. The van der Waals surface area contributed by atoms with Crippen LogP contribution < -0.4 is 5.32 Å². The average Bonchev–Trinajstić information content (AvgIpc) is 2.66. The van der Waals surface area contributed by atoms with Gasteiger partial charge in [0.25, 0.3) is 0 Å². The highest BCUT2D eigenvalue weighted by Gasteiger charge is 2.47. The van der Waals surface area contributed by atoms with Gasteiger partial charge in [-0.1, -0.05) is 6.08 Å². The molecule has 0 aromatic heterocycles. The molecule has 2 N–H and O–H groups in total. The fraction of sp³-hybridized carbons (Fsp3) is 0.900. The molecule has 1 aliphatic carbocycles. The van der Waals surface area contributed by atoms with Crippen LogP contribution in [0.3, 0.4) is 0 Å². The minimum Gasteiger partial charge on any atom is -0.391 e. The van der Waals surface area contributed by atoms with Crippen molar-refractivity contribution in [2.45, 2.75) is 62.8 Å². The second kappa shape index (κ2) is 7.06. The lowest BCUT2D eigenvalue weighted by molar-refractivity contribution is -0.0939. The van der Waals surface area contributed by atoms with E-state index >= 15 is 0 Å². The van der Waals surface area contributed by atoms with E-state index in [1.807, 2.05) is 7.11 Å². The maximum Gasteiger partial charge on any atom is 0.0727 e. The first-order chi connectivity index (χ1) is 11.7. The summed E-state index contributed by atoms with van der Waals surface area (Å²) in [6.07, 6.45) is 9.37. The SMILES string of the molecule is C=CC1CN2CCC1CC2C(O)C1CCNC2CCC(OC)CC21. The highest BCUT2D eigenvalue weighted by atomic mass is 16.5. The summed E-state index contributed by atoms with van der Waals surface area (Å²) in [6, 6.07) is 0.952. The average molecular weight is 335 g/mol. The van der Waals surface area contributed by atoms with Gasteiger partial charge in [-0.2, -0.15) is 0 Å². The Labute approximate surface area is 146 Å². The number of aliphatic hydroxyl groups excluding tert-OH is 1. The molecule has 4 heteroatoms. The molecule has 1 saturated carbocycles. The molecular formula is C20H34N2O2. The Kier molecular flexibility index (Phi) is 5.01. The maximum atomic E-state index is 11.3. The second-order valence-corrected chi connectivity index (χ2v) is 8.58. The van der Waals surface area contributed by atoms with Crippen LogP contribution in [-0.4, -0.2) is 61.0 Å². The van der Waals surface area contributed by atoms with E-state index in [0.29, 0.717) is 35.9 Å². The Morgan fingerprint density at radius 1 is 1.25 bits per heavy atom. The summed E-state index contributed by atoms with van der Waals surface area (Å²) in [5, 5.41) is 15.1. The van der Waals surface area contributed by atoms with Crippen molar-refractivity contribution in [1.29, 1.82) is 0 Å². The zero-order valence-electron chi connectivity index (χ0n) is 15.1. The van der Waals surface area contributed by atoms with Crippen molar-refractivity contribution in [2.75, 3.05) is 26.7 Å². The van der Waals surface area contributed by atoms with Gasteiger partial charge in [0.1, 0.15) is 0 Å². The third-order valence-electron chi connectivity index (χ3n) is 7.61. The Morgan fingerprint density at radius 3 is 2.83 bits per heavy atom. The zero-order valence-corrected chi connectivity index (χ0v) is 15.1. The predicted molar refractivity (Wildman–Crippen MR) is 95.8 cm³/mol. The summed E-state index contributed by atoms with van der Waals surface area (Å²) < 4.78 is 5.66. The van der Waals surface area contributed by atoms with Crippen LogP contribution in [0.1, 0.15) is 38.5 Å². The number of fused-ring (bicyclic) bond motifs is 4. The van der Waals surface area contributed by atoms with Crippen LogP contribution in [0.4, 0.5) is 0 Å². The van der Waals surface area contributed by atoms with E-state index in [9.17, 15) is 5.11 Å². The molecule has 5 aliphatic rings. The molecule has 9 unspecified atom stereocenters. The summed E-state index contributed by atoms with van der Waals surface area (Å²) in [5.74, 6) is 2.38. The molecule has 2 bridgehead atoms. The smallest absolute Gasteiger partial charge is 0.0727 e. The van der Waals surface area contributed by atoms with Gasteiger partial charge in [0.15, 0.2) is 0 Å². The van der Waals surface area contributed by atoms with Crippen molar-refractivity contribution in [3.8, 4) is 0 Å². The van der Waals surface area contributed by atoms with Crippen LogP contribution in [0, 0.1) is 23.7 Å². The number of rotatable bonds is 4. The third-order valence-corrected chi connectivity index (χ3v) is 7.61. The monoisotopic (exact) mass is 334 g/mol. The molecule has 0 aromatic rings. The van der Waals surface area contributed by atoms with Gasteiger partial charge in [0.2, 0.25) is 0 Å². The normalized spacial score (nSPS) is 49.4. The molecule has 4 saturated heterocycles. The first-order valence-electron chi connectivity index (χ1n) is 10.0. The van der Waals surface area contributed by atoms with Crippen LogP contribution in [0.25, 0.3) is 0 Å². The fourth-order valence-corrected chi connectivity index (χ4v) is 6.20. The Morgan fingerprint density at radius 2 is 2.12 bits per heavy atom. The van der Waals surface area contributed by atoms with E-state index in [-0.39, 0.29) is 6.10 Å². The van der Waals surface area contributed by atoms with Gasteiger partial charge in [-0.25, -0.2) is 0 Å². The number of piperidine rings is 4. The van der Waals surface area contributed by atoms with E-state index < -0.39 is 0 Å². The van der Waals surface area contributed by atoms with E-state index in [4.69, 9.17) is 4.74 Å². The van der Waals surface area contributed by atoms with Crippen LogP contribution in [0.15, 0.2) is 12.7 Å². The van der Waals surface area contributed by atoms with Crippen LogP contribution in [0.5, 0.6) is 0 Å². The van der Waals surface area contributed by atoms with Gasteiger partial charge in [-0.3, -0.25) is 4.90 Å². The molecule has 0 spiro atoms. The Hall–Kier alpha value is -0.420. The molecular weight excluding hydrogens is 300 g/mol. The van der Waals surface area contributed by atoms with Gasteiger partial charge in [-0.15, -0.1) is 6.58 Å². The number of hydrogen-bond donors (Lipinski definition) is 2. The summed E-state index contributed by atoms with van der Waals surface area (Å²) in [6.45, 7) is 7.35. The predicted octanol–water partition coefficient (Wildman–Crippen LogP) is 2.04. The Bertz CT molecular complexity index is 457. The molecule has 24 heavy (non-hydrogen) atoms. The van der Waals surface area contributed by atoms with E-state index in [1.165, 1.54) is 12.8 Å². The summed E-state index contributed by atoms with van der Waals surface area (Å²) in [4.78, 5) is 2.56. The number of aliphatic hydroxyl groups is 1. The first-order valence-corrected chi connectivity index (χ1v) is 10.0. The number of nitrogens with one attached hydrogen (secondary N) is 1. The number of hydrogen-bond acceptors (Lipinski definition) is 4. The molecule has 0 amide bonds. The van der Waals surface area contributed by atoms with Crippen molar-refractivity contribution in [2.24, 2.45) is 23.7 Å². The number of methoxy groups -OCH3 is 1. The van der Waals surface area contributed by atoms with Crippen molar-refractivity contribution >= 4 is 0 Å². The zero-order chi connectivity index (χ0) is 16.7. The fourth-order valence-electron chi connectivity index (χ4n) is 6.20. The maximum absolute atomic E-state index is 11.3. The minimum atomic E-state index is -0.177.